The topological polar surface area (TPSA) is 75.7 Å². The zero-order valence-electron chi connectivity index (χ0n) is 16.6. The van der Waals surface area contributed by atoms with Crippen LogP contribution in [0.25, 0.3) is 0 Å². The Kier molecular flexibility index (Phi) is 7.18. The van der Waals surface area contributed by atoms with E-state index in [-0.39, 0.29) is 12.3 Å². The third kappa shape index (κ3) is 5.90. The summed E-state index contributed by atoms with van der Waals surface area (Å²) in [5.74, 6) is -2.23. The van der Waals surface area contributed by atoms with Crippen LogP contribution in [0, 0.1) is 18.6 Å². The van der Waals surface area contributed by atoms with Gasteiger partial charge in [-0.15, -0.1) is 0 Å². The number of nitrogens with zero attached hydrogens (tertiary/aromatic N) is 1. The smallest absolute Gasteiger partial charge is 0.243 e. The largest absolute Gasteiger partial charge is 0.491 e. The van der Waals surface area contributed by atoms with E-state index in [0.717, 1.165) is 34.3 Å². The molecule has 0 fully saturated rings. The number of aryl methyl sites for hydroxylation is 1. The zero-order chi connectivity index (χ0) is 21.8. The van der Waals surface area contributed by atoms with Crippen molar-refractivity contribution in [3.8, 4) is 5.75 Å². The van der Waals surface area contributed by atoms with Crippen molar-refractivity contribution >= 4 is 21.6 Å². The molecule has 0 aliphatic heterocycles. The van der Waals surface area contributed by atoms with Crippen molar-refractivity contribution in [2.75, 3.05) is 17.2 Å². The van der Waals surface area contributed by atoms with Gasteiger partial charge in [-0.05, 0) is 44.5 Å². The first-order valence-electron chi connectivity index (χ1n) is 8.94. The van der Waals surface area contributed by atoms with Gasteiger partial charge in [0, 0.05) is 6.07 Å². The minimum absolute atomic E-state index is 0.141. The molecule has 0 bridgehead atoms. The van der Waals surface area contributed by atoms with E-state index in [1.165, 1.54) is 6.92 Å². The van der Waals surface area contributed by atoms with Crippen molar-refractivity contribution < 1.29 is 26.7 Å². The molecule has 1 N–H and O–H groups in total. The first-order valence-corrected chi connectivity index (χ1v) is 10.8. The molecule has 9 heteroatoms. The Hall–Kier alpha value is -2.68. The lowest BCUT2D eigenvalue weighted by Crippen LogP contribution is -2.50. The van der Waals surface area contributed by atoms with Gasteiger partial charge in [0.1, 0.15) is 18.4 Å². The second-order valence-electron chi connectivity index (χ2n) is 6.82. The molecule has 0 aliphatic rings. The van der Waals surface area contributed by atoms with Gasteiger partial charge in [-0.2, -0.15) is 0 Å². The summed E-state index contributed by atoms with van der Waals surface area (Å²) < 4.78 is 57.6. The number of anilines is 1. The molecular weight excluding hydrogens is 402 g/mol. The van der Waals surface area contributed by atoms with Crippen LogP contribution in [0.4, 0.5) is 14.5 Å². The maximum Gasteiger partial charge on any atom is 0.243 e. The van der Waals surface area contributed by atoms with Gasteiger partial charge in [0.25, 0.3) is 0 Å². The number of sulfonamides is 1. The van der Waals surface area contributed by atoms with Crippen LogP contribution in [-0.4, -0.2) is 39.3 Å². The normalized spacial score (nSPS) is 13.4. The van der Waals surface area contributed by atoms with Gasteiger partial charge in [0.2, 0.25) is 15.9 Å². The monoisotopic (exact) mass is 426 g/mol. The third-order valence-electron chi connectivity index (χ3n) is 4.22. The van der Waals surface area contributed by atoms with Gasteiger partial charge in [-0.3, -0.25) is 9.10 Å². The van der Waals surface area contributed by atoms with E-state index in [1.54, 1.807) is 13.0 Å². The summed E-state index contributed by atoms with van der Waals surface area (Å²) in [6.45, 7) is 5.15. The molecule has 0 heterocycles. The molecule has 0 saturated heterocycles. The van der Waals surface area contributed by atoms with Gasteiger partial charge >= 0.3 is 0 Å². The lowest BCUT2D eigenvalue weighted by molar-refractivity contribution is -0.122. The summed E-state index contributed by atoms with van der Waals surface area (Å²) in [4.78, 5) is 12.6. The molecule has 0 aliphatic carbocycles. The summed E-state index contributed by atoms with van der Waals surface area (Å²) in [7, 11) is -3.94. The van der Waals surface area contributed by atoms with Crippen LogP contribution in [0.1, 0.15) is 19.4 Å². The highest BCUT2D eigenvalue weighted by atomic mass is 32.2. The molecule has 2 rings (SSSR count). The van der Waals surface area contributed by atoms with Crippen molar-refractivity contribution in [2.45, 2.75) is 32.9 Å². The lowest BCUT2D eigenvalue weighted by atomic mass is 10.2. The van der Waals surface area contributed by atoms with Crippen molar-refractivity contribution in [2.24, 2.45) is 0 Å². The quantitative estimate of drug-likeness (QED) is 0.704. The Morgan fingerprint density at radius 1 is 1.14 bits per heavy atom. The Labute approximate surface area is 169 Å². The summed E-state index contributed by atoms with van der Waals surface area (Å²) in [5.41, 5.74) is 0.804. The molecule has 2 aromatic carbocycles. The number of ether oxygens (including phenoxy) is 1. The van der Waals surface area contributed by atoms with Crippen LogP contribution in [0.5, 0.6) is 5.75 Å². The SMILES string of the molecule is Cc1ccccc1OC[C@@H](C)NC(=O)[C@H](C)N(c1ccc(F)c(F)c1)S(C)(=O)=O. The number of para-hydroxylation sites is 1. The van der Waals surface area contributed by atoms with Crippen LogP contribution < -0.4 is 14.4 Å². The molecule has 0 spiro atoms. The second-order valence-corrected chi connectivity index (χ2v) is 8.68. The van der Waals surface area contributed by atoms with Crippen molar-refractivity contribution in [3.05, 3.63) is 59.7 Å². The van der Waals surface area contributed by atoms with E-state index in [4.69, 9.17) is 4.74 Å². The van der Waals surface area contributed by atoms with Crippen LogP contribution in [-0.2, 0) is 14.8 Å². The Balaban J connectivity index is 2.10. The number of nitrogens with one attached hydrogen (secondary N) is 1. The highest BCUT2D eigenvalue weighted by molar-refractivity contribution is 7.92. The van der Waals surface area contributed by atoms with Gasteiger partial charge < -0.3 is 10.1 Å². The molecule has 1 amide bonds. The standard InChI is InChI=1S/C20H24F2N2O4S/c1-13-7-5-6-8-19(13)28-12-14(2)23-20(25)15(3)24(29(4,26)27)16-9-10-17(21)18(22)11-16/h5-11,14-15H,12H2,1-4H3,(H,23,25)/t14-,15+/m1/s1. The molecule has 0 saturated carbocycles. The number of carbonyl (C=O) groups is 1. The van der Waals surface area contributed by atoms with Crippen molar-refractivity contribution in [1.82, 2.24) is 5.32 Å². The Bertz CT molecular complexity index is 982. The second kappa shape index (κ2) is 9.21. The lowest BCUT2D eigenvalue weighted by Gasteiger charge is -2.29. The molecule has 0 radical (unpaired) electrons. The highest BCUT2D eigenvalue weighted by Gasteiger charge is 2.30. The van der Waals surface area contributed by atoms with E-state index in [2.05, 4.69) is 5.32 Å². The number of hydrogen-bond acceptors (Lipinski definition) is 4. The maximum atomic E-state index is 13.6. The predicted octanol–water partition coefficient (Wildman–Crippen LogP) is 3.01. The molecule has 2 aromatic rings. The highest BCUT2D eigenvalue weighted by Crippen LogP contribution is 2.23. The summed E-state index contributed by atoms with van der Waals surface area (Å²) >= 11 is 0. The molecule has 0 unspecified atom stereocenters. The van der Waals surface area contributed by atoms with E-state index in [1.807, 2.05) is 25.1 Å². The molecular formula is C20H24F2N2O4S. The molecule has 29 heavy (non-hydrogen) atoms. The molecule has 158 valence electrons. The Morgan fingerprint density at radius 2 is 1.79 bits per heavy atom. The first kappa shape index (κ1) is 22.6. The van der Waals surface area contributed by atoms with E-state index < -0.39 is 39.6 Å². The van der Waals surface area contributed by atoms with Gasteiger partial charge in [0.05, 0.1) is 18.0 Å². The first-order chi connectivity index (χ1) is 13.5. The Morgan fingerprint density at radius 3 is 2.38 bits per heavy atom. The fourth-order valence-electron chi connectivity index (χ4n) is 2.77. The molecule has 0 aromatic heterocycles. The van der Waals surface area contributed by atoms with Crippen molar-refractivity contribution in [3.63, 3.8) is 0 Å². The van der Waals surface area contributed by atoms with Gasteiger partial charge in [0.15, 0.2) is 11.6 Å². The average molecular weight is 426 g/mol. The van der Waals surface area contributed by atoms with Crippen LogP contribution in [0.2, 0.25) is 0 Å². The summed E-state index contributed by atoms with van der Waals surface area (Å²) in [6.07, 6.45) is 0.892. The fourth-order valence-corrected chi connectivity index (χ4v) is 3.94. The van der Waals surface area contributed by atoms with Gasteiger partial charge in [-0.1, -0.05) is 18.2 Å². The number of halogens is 2. The van der Waals surface area contributed by atoms with E-state index in [0.29, 0.717) is 5.75 Å². The predicted molar refractivity (Wildman–Crippen MR) is 107 cm³/mol. The number of hydrogen-bond donors (Lipinski definition) is 1. The maximum absolute atomic E-state index is 13.6. The molecule has 2 atom stereocenters. The van der Waals surface area contributed by atoms with Crippen molar-refractivity contribution in [1.29, 1.82) is 0 Å². The van der Waals surface area contributed by atoms with Gasteiger partial charge in [-0.25, -0.2) is 17.2 Å². The average Bonchev–Trinajstić information content (AvgIpc) is 2.63. The summed E-state index contributed by atoms with van der Waals surface area (Å²) in [6, 6.07) is 8.47. The number of carbonyl (C=O) groups excluding carboxylic acids is 1. The third-order valence-corrected chi connectivity index (χ3v) is 5.46. The van der Waals surface area contributed by atoms with E-state index >= 15 is 0 Å². The van der Waals surface area contributed by atoms with Crippen LogP contribution in [0.15, 0.2) is 42.5 Å². The van der Waals surface area contributed by atoms with Crippen LogP contribution in [0.3, 0.4) is 0 Å². The zero-order valence-corrected chi connectivity index (χ0v) is 17.5. The number of benzene rings is 2. The van der Waals surface area contributed by atoms with E-state index in [9.17, 15) is 22.0 Å². The van der Waals surface area contributed by atoms with Crippen LogP contribution >= 0.6 is 0 Å². The fraction of sp³-hybridized carbons (Fsp3) is 0.350. The number of amides is 1. The number of rotatable bonds is 8. The molecule has 6 nitrogen and oxygen atoms in total. The minimum atomic E-state index is -3.94. The minimum Gasteiger partial charge on any atom is -0.491 e. The summed E-state index contributed by atoms with van der Waals surface area (Å²) in [5, 5.41) is 2.68.